The first kappa shape index (κ1) is 14.4. The number of nitro groups is 2. The van der Waals surface area contributed by atoms with E-state index < -0.39 is 9.85 Å². The fraction of sp³-hybridized carbons (Fsp3) is 0.154. The third-order valence-corrected chi connectivity index (χ3v) is 2.97. The molecular formula is C13H12N4O4. The van der Waals surface area contributed by atoms with Crippen LogP contribution in [0, 0.1) is 20.2 Å². The summed E-state index contributed by atoms with van der Waals surface area (Å²) in [7, 11) is 0. The van der Waals surface area contributed by atoms with Gasteiger partial charge in [0.15, 0.2) is 0 Å². The zero-order chi connectivity index (χ0) is 15.4. The average Bonchev–Trinajstić information content (AvgIpc) is 2.48. The lowest BCUT2D eigenvalue weighted by Crippen LogP contribution is -2.08. The summed E-state index contributed by atoms with van der Waals surface area (Å²) in [6, 6.07) is 6.89. The smallest absolute Gasteiger partial charge is 0.299 e. The van der Waals surface area contributed by atoms with E-state index in [1.54, 1.807) is 24.5 Å². The number of non-ortho nitro benzene ring substituents is 1. The van der Waals surface area contributed by atoms with Crippen molar-refractivity contribution in [3.05, 3.63) is 68.5 Å². The van der Waals surface area contributed by atoms with Gasteiger partial charge in [0.1, 0.15) is 5.69 Å². The topological polar surface area (TPSA) is 111 Å². The van der Waals surface area contributed by atoms with Crippen molar-refractivity contribution in [3.8, 4) is 0 Å². The van der Waals surface area contributed by atoms with Gasteiger partial charge < -0.3 is 5.32 Å². The molecule has 1 N–H and O–H groups in total. The van der Waals surface area contributed by atoms with E-state index in [-0.39, 0.29) is 23.1 Å². The highest BCUT2D eigenvalue weighted by Gasteiger charge is 2.20. The number of nitrogens with zero attached hydrogens (tertiary/aromatic N) is 3. The van der Waals surface area contributed by atoms with E-state index in [0.717, 1.165) is 11.6 Å². The molecule has 0 aliphatic heterocycles. The van der Waals surface area contributed by atoms with Crippen molar-refractivity contribution < 1.29 is 9.85 Å². The van der Waals surface area contributed by atoms with E-state index in [1.165, 1.54) is 12.1 Å². The Bertz CT molecular complexity index is 675. The molecule has 0 bridgehead atoms. The zero-order valence-corrected chi connectivity index (χ0v) is 11.1. The van der Waals surface area contributed by atoms with Gasteiger partial charge in [-0.3, -0.25) is 25.2 Å². The first-order valence-corrected chi connectivity index (χ1v) is 6.08. The van der Waals surface area contributed by atoms with E-state index in [9.17, 15) is 20.2 Å². The van der Waals surface area contributed by atoms with E-state index in [1.807, 2.05) is 6.92 Å². The molecule has 1 unspecified atom stereocenters. The number of hydrogen-bond donors (Lipinski definition) is 1. The van der Waals surface area contributed by atoms with Crippen molar-refractivity contribution >= 4 is 17.1 Å². The maximum atomic E-state index is 11.0. The third-order valence-electron chi connectivity index (χ3n) is 2.97. The van der Waals surface area contributed by atoms with Gasteiger partial charge in [-0.15, -0.1) is 0 Å². The lowest BCUT2D eigenvalue weighted by atomic mass is 10.1. The van der Waals surface area contributed by atoms with Gasteiger partial charge in [-0.25, -0.2) is 0 Å². The first-order chi connectivity index (χ1) is 9.99. The van der Waals surface area contributed by atoms with Gasteiger partial charge in [0, 0.05) is 24.5 Å². The van der Waals surface area contributed by atoms with E-state index in [2.05, 4.69) is 10.3 Å². The van der Waals surface area contributed by atoms with Crippen LogP contribution in [0.1, 0.15) is 18.5 Å². The molecule has 2 rings (SSSR count). The molecule has 0 saturated heterocycles. The third kappa shape index (κ3) is 3.30. The highest BCUT2D eigenvalue weighted by Crippen LogP contribution is 2.31. The number of nitrogens with one attached hydrogen (secondary N) is 1. The molecule has 0 spiro atoms. The molecule has 0 aliphatic rings. The van der Waals surface area contributed by atoms with E-state index in [4.69, 9.17) is 0 Å². The standard InChI is InChI=1S/C13H12N4O4/c1-9(10-4-6-14-7-5-10)15-12-3-2-11(16(18)19)8-13(12)17(20)21/h2-9,15H,1H3. The summed E-state index contributed by atoms with van der Waals surface area (Å²) in [5, 5.41) is 24.7. The first-order valence-electron chi connectivity index (χ1n) is 6.08. The number of benzene rings is 1. The predicted octanol–water partition coefficient (Wildman–Crippen LogP) is 3.07. The molecule has 108 valence electrons. The number of aromatic nitrogens is 1. The van der Waals surface area contributed by atoms with Crippen molar-refractivity contribution in [3.63, 3.8) is 0 Å². The number of hydrogen-bond acceptors (Lipinski definition) is 6. The molecule has 0 amide bonds. The molecule has 1 heterocycles. The van der Waals surface area contributed by atoms with Crippen molar-refractivity contribution in [2.45, 2.75) is 13.0 Å². The largest absolute Gasteiger partial charge is 0.373 e. The molecule has 1 aromatic heterocycles. The second-order valence-electron chi connectivity index (χ2n) is 4.36. The monoisotopic (exact) mass is 288 g/mol. The van der Waals surface area contributed by atoms with Gasteiger partial charge in [0.2, 0.25) is 0 Å². The van der Waals surface area contributed by atoms with E-state index >= 15 is 0 Å². The van der Waals surface area contributed by atoms with Crippen molar-refractivity contribution in [1.82, 2.24) is 4.98 Å². The molecular weight excluding hydrogens is 276 g/mol. The van der Waals surface area contributed by atoms with Crippen LogP contribution in [0.4, 0.5) is 17.1 Å². The summed E-state index contributed by atoms with van der Waals surface area (Å²) < 4.78 is 0. The van der Waals surface area contributed by atoms with Gasteiger partial charge in [0.05, 0.1) is 15.9 Å². The van der Waals surface area contributed by atoms with Crippen LogP contribution in [-0.4, -0.2) is 14.8 Å². The minimum atomic E-state index is -0.664. The molecule has 0 saturated carbocycles. The lowest BCUT2D eigenvalue weighted by molar-refractivity contribution is -0.393. The van der Waals surface area contributed by atoms with Crippen LogP contribution < -0.4 is 5.32 Å². The zero-order valence-electron chi connectivity index (χ0n) is 11.1. The Balaban J connectivity index is 2.31. The Kier molecular flexibility index (Phi) is 4.07. The van der Waals surface area contributed by atoms with Crippen LogP contribution in [0.5, 0.6) is 0 Å². The predicted molar refractivity (Wildman–Crippen MR) is 76.0 cm³/mol. The van der Waals surface area contributed by atoms with Crippen LogP contribution >= 0.6 is 0 Å². The Hall–Kier alpha value is -3.03. The maximum Gasteiger partial charge on any atom is 0.299 e. The Morgan fingerprint density at radius 1 is 1.10 bits per heavy atom. The molecule has 1 atom stereocenters. The number of rotatable bonds is 5. The number of pyridine rings is 1. The minimum Gasteiger partial charge on any atom is -0.373 e. The molecule has 1 aromatic carbocycles. The SMILES string of the molecule is CC(Nc1ccc([N+](=O)[O-])cc1[N+](=O)[O-])c1ccncc1. The van der Waals surface area contributed by atoms with Crippen molar-refractivity contribution in [2.24, 2.45) is 0 Å². The number of anilines is 1. The van der Waals surface area contributed by atoms with Crippen LogP contribution in [0.2, 0.25) is 0 Å². The Morgan fingerprint density at radius 2 is 1.76 bits per heavy atom. The Labute approximate surface area is 119 Å². The van der Waals surface area contributed by atoms with Gasteiger partial charge in [-0.05, 0) is 30.7 Å². The summed E-state index contributed by atoms with van der Waals surface area (Å²) in [4.78, 5) is 24.3. The molecule has 8 heteroatoms. The van der Waals surface area contributed by atoms with Gasteiger partial charge in [-0.1, -0.05) is 0 Å². The average molecular weight is 288 g/mol. The lowest BCUT2D eigenvalue weighted by Gasteiger charge is -2.15. The van der Waals surface area contributed by atoms with Crippen LogP contribution in [-0.2, 0) is 0 Å². The van der Waals surface area contributed by atoms with Crippen molar-refractivity contribution in [1.29, 1.82) is 0 Å². The van der Waals surface area contributed by atoms with Gasteiger partial charge in [-0.2, -0.15) is 0 Å². The van der Waals surface area contributed by atoms with Crippen molar-refractivity contribution in [2.75, 3.05) is 5.32 Å². The van der Waals surface area contributed by atoms with E-state index in [0.29, 0.717) is 0 Å². The fourth-order valence-electron chi connectivity index (χ4n) is 1.88. The van der Waals surface area contributed by atoms with Crippen LogP contribution in [0.3, 0.4) is 0 Å². The molecule has 21 heavy (non-hydrogen) atoms. The minimum absolute atomic E-state index is 0.201. The molecule has 2 aromatic rings. The van der Waals surface area contributed by atoms with Gasteiger partial charge >= 0.3 is 0 Å². The number of nitro benzene ring substituents is 2. The normalized spacial score (nSPS) is 11.7. The second-order valence-corrected chi connectivity index (χ2v) is 4.36. The molecule has 0 radical (unpaired) electrons. The summed E-state index contributed by atoms with van der Waals surface area (Å²) in [6.07, 6.45) is 3.25. The summed E-state index contributed by atoms with van der Waals surface area (Å²) >= 11 is 0. The summed E-state index contributed by atoms with van der Waals surface area (Å²) in [6.45, 7) is 1.83. The molecule has 0 fully saturated rings. The van der Waals surface area contributed by atoms with Gasteiger partial charge in [0.25, 0.3) is 11.4 Å². The van der Waals surface area contributed by atoms with Crippen LogP contribution in [0.15, 0.2) is 42.7 Å². The second kappa shape index (κ2) is 5.95. The molecule has 0 aliphatic carbocycles. The highest BCUT2D eigenvalue weighted by atomic mass is 16.6. The molecule has 8 nitrogen and oxygen atoms in total. The highest BCUT2D eigenvalue weighted by molar-refractivity contribution is 5.65. The summed E-state index contributed by atoms with van der Waals surface area (Å²) in [5.41, 5.74) is 0.487. The summed E-state index contributed by atoms with van der Waals surface area (Å²) in [5.74, 6) is 0. The fourth-order valence-corrected chi connectivity index (χ4v) is 1.88. The quantitative estimate of drug-likeness (QED) is 0.668. The van der Waals surface area contributed by atoms with Crippen LogP contribution in [0.25, 0.3) is 0 Å². The Morgan fingerprint density at radius 3 is 2.33 bits per heavy atom. The maximum absolute atomic E-state index is 11.0.